The van der Waals surface area contributed by atoms with E-state index in [0.717, 1.165) is 5.56 Å². The van der Waals surface area contributed by atoms with Gasteiger partial charge in [0.2, 0.25) is 5.91 Å². The number of esters is 1. The van der Waals surface area contributed by atoms with Crippen molar-refractivity contribution in [1.82, 2.24) is 10.6 Å². The van der Waals surface area contributed by atoms with Gasteiger partial charge in [-0.1, -0.05) is 30.3 Å². The average Bonchev–Trinajstić information content (AvgIpc) is 2.50. The van der Waals surface area contributed by atoms with Crippen LogP contribution >= 0.6 is 0 Å². The zero-order valence-electron chi connectivity index (χ0n) is 14.3. The number of ether oxygens (including phenoxy) is 2. The smallest absolute Gasteiger partial charge is 0.407 e. The highest BCUT2D eigenvalue weighted by Crippen LogP contribution is 2.07. The van der Waals surface area contributed by atoms with E-state index >= 15 is 0 Å². The van der Waals surface area contributed by atoms with Gasteiger partial charge in [0.15, 0.2) is 0 Å². The molecule has 132 valence electrons. The molecule has 0 unspecified atom stereocenters. The van der Waals surface area contributed by atoms with Crippen LogP contribution in [0, 0.1) is 0 Å². The standard InChI is InChI=1S/C17H24N2O5/c1-17(2,3)24-15(21)9-10-18-14(20)11-19-16(22)23-12-13-7-5-4-6-8-13/h4-8H,9-12H2,1-3H3,(H,18,20)(H,19,22). The molecule has 24 heavy (non-hydrogen) atoms. The Labute approximate surface area is 141 Å². The Morgan fingerprint density at radius 3 is 2.33 bits per heavy atom. The average molecular weight is 336 g/mol. The van der Waals surface area contributed by atoms with Gasteiger partial charge in [-0.05, 0) is 26.3 Å². The molecule has 0 aliphatic carbocycles. The van der Waals surface area contributed by atoms with Crippen molar-refractivity contribution < 1.29 is 23.9 Å². The van der Waals surface area contributed by atoms with E-state index in [2.05, 4.69) is 10.6 Å². The second kappa shape index (κ2) is 9.54. The summed E-state index contributed by atoms with van der Waals surface area (Å²) in [6.45, 7) is 5.38. The Hall–Kier alpha value is -2.57. The van der Waals surface area contributed by atoms with Crippen molar-refractivity contribution in [2.75, 3.05) is 13.1 Å². The molecule has 0 saturated carbocycles. The maximum atomic E-state index is 11.6. The van der Waals surface area contributed by atoms with Crippen LogP contribution in [0.25, 0.3) is 0 Å². The molecule has 2 N–H and O–H groups in total. The summed E-state index contributed by atoms with van der Waals surface area (Å²) in [6, 6.07) is 9.21. The quantitative estimate of drug-likeness (QED) is 0.740. The molecule has 0 aliphatic rings. The zero-order valence-corrected chi connectivity index (χ0v) is 14.3. The first-order chi connectivity index (χ1) is 11.3. The van der Waals surface area contributed by atoms with Crippen molar-refractivity contribution in [3.8, 4) is 0 Å². The predicted molar refractivity (Wildman–Crippen MR) is 88.1 cm³/mol. The van der Waals surface area contributed by atoms with Crippen LogP contribution in [0.15, 0.2) is 30.3 Å². The second-order valence-electron chi connectivity index (χ2n) is 6.10. The third kappa shape index (κ3) is 9.45. The molecule has 0 bridgehead atoms. The Kier molecular flexibility index (Phi) is 7.74. The first-order valence-electron chi connectivity index (χ1n) is 7.69. The number of benzene rings is 1. The van der Waals surface area contributed by atoms with Gasteiger partial charge < -0.3 is 20.1 Å². The van der Waals surface area contributed by atoms with E-state index in [1.165, 1.54) is 0 Å². The molecule has 0 atom stereocenters. The Morgan fingerprint density at radius 1 is 1.04 bits per heavy atom. The van der Waals surface area contributed by atoms with Crippen LogP contribution in [0.1, 0.15) is 32.8 Å². The summed E-state index contributed by atoms with van der Waals surface area (Å²) in [7, 11) is 0. The highest BCUT2D eigenvalue weighted by Gasteiger charge is 2.16. The van der Waals surface area contributed by atoms with Crippen LogP contribution < -0.4 is 10.6 Å². The maximum absolute atomic E-state index is 11.6. The van der Waals surface area contributed by atoms with Crippen molar-refractivity contribution in [3.05, 3.63) is 35.9 Å². The van der Waals surface area contributed by atoms with Gasteiger partial charge in [-0.2, -0.15) is 0 Å². The summed E-state index contributed by atoms with van der Waals surface area (Å²) < 4.78 is 10.1. The highest BCUT2D eigenvalue weighted by atomic mass is 16.6. The highest BCUT2D eigenvalue weighted by molar-refractivity contribution is 5.82. The molecular weight excluding hydrogens is 312 g/mol. The number of hydrogen-bond donors (Lipinski definition) is 2. The van der Waals surface area contributed by atoms with Gasteiger partial charge in [-0.25, -0.2) is 4.79 Å². The Balaban J connectivity index is 2.12. The number of rotatable bonds is 7. The fourth-order valence-corrected chi connectivity index (χ4v) is 1.69. The number of carbonyl (C=O) groups is 3. The lowest BCUT2D eigenvalue weighted by Crippen LogP contribution is -2.38. The van der Waals surface area contributed by atoms with E-state index in [-0.39, 0.29) is 26.1 Å². The first-order valence-corrected chi connectivity index (χ1v) is 7.69. The lowest BCUT2D eigenvalue weighted by molar-refractivity contribution is -0.154. The molecular formula is C17H24N2O5. The minimum Gasteiger partial charge on any atom is -0.460 e. The van der Waals surface area contributed by atoms with E-state index in [4.69, 9.17) is 9.47 Å². The number of nitrogens with one attached hydrogen (secondary N) is 2. The van der Waals surface area contributed by atoms with Crippen LogP contribution in [0.4, 0.5) is 4.79 Å². The lowest BCUT2D eigenvalue weighted by Gasteiger charge is -2.19. The summed E-state index contributed by atoms with van der Waals surface area (Å²) in [5, 5.41) is 4.86. The van der Waals surface area contributed by atoms with Crippen molar-refractivity contribution in [3.63, 3.8) is 0 Å². The molecule has 7 heteroatoms. The molecule has 0 spiro atoms. The monoisotopic (exact) mass is 336 g/mol. The molecule has 0 heterocycles. The number of hydrogen-bond acceptors (Lipinski definition) is 5. The SMILES string of the molecule is CC(C)(C)OC(=O)CCNC(=O)CNC(=O)OCc1ccccc1. The third-order valence-electron chi connectivity index (χ3n) is 2.68. The van der Waals surface area contributed by atoms with Gasteiger partial charge in [-0.15, -0.1) is 0 Å². The van der Waals surface area contributed by atoms with Crippen LogP contribution in [0.3, 0.4) is 0 Å². The third-order valence-corrected chi connectivity index (χ3v) is 2.68. The first kappa shape index (κ1) is 19.5. The topological polar surface area (TPSA) is 93.7 Å². The van der Waals surface area contributed by atoms with Crippen molar-refractivity contribution in [1.29, 1.82) is 0 Å². The number of carbonyl (C=O) groups excluding carboxylic acids is 3. The molecule has 2 amide bonds. The summed E-state index contributed by atoms with van der Waals surface area (Å²) in [5.74, 6) is -0.798. The molecule has 0 aliphatic heterocycles. The molecule has 1 aromatic rings. The van der Waals surface area contributed by atoms with E-state index in [1.807, 2.05) is 30.3 Å². The van der Waals surface area contributed by atoms with Gasteiger partial charge in [0.05, 0.1) is 13.0 Å². The van der Waals surface area contributed by atoms with Crippen molar-refractivity contribution >= 4 is 18.0 Å². The zero-order chi connectivity index (χ0) is 18.0. The second-order valence-corrected chi connectivity index (χ2v) is 6.10. The summed E-state index contributed by atoms with van der Waals surface area (Å²) in [6.07, 6.45) is -0.609. The lowest BCUT2D eigenvalue weighted by atomic mass is 10.2. The fourth-order valence-electron chi connectivity index (χ4n) is 1.69. The molecule has 1 aromatic carbocycles. The van der Waals surface area contributed by atoms with Crippen LogP contribution in [-0.2, 0) is 25.7 Å². The van der Waals surface area contributed by atoms with E-state index in [1.54, 1.807) is 20.8 Å². The Morgan fingerprint density at radius 2 is 1.71 bits per heavy atom. The van der Waals surface area contributed by atoms with Crippen LogP contribution in [0.5, 0.6) is 0 Å². The van der Waals surface area contributed by atoms with Crippen molar-refractivity contribution in [2.45, 2.75) is 39.4 Å². The van der Waals surface area contributed by atoms with Gasteiger partial charge in [-0.3, -0.25) is 9.59 Å². The van der Waals surface area contributed by atoms with Gasteiger partial charge in [0, 0.05) is 6.54 Å². The molecule has 0 radical (unpaired) electrons. The minimum atomic E-state index is -0.679. The van der Waals surface area contributed by atoms with Crippen LogP contribution in [0.2, 0.25) is 0 Å². The number of amides is 2. The minimum absolute atomic E-state index is 0.0709. The molecule has 0 aromatic heterocycles. The normalized spacial score (nSPS) is 10.6. The van der Waals surface area contributed by atoms with Gasteiger partial charge in [0.25, 0.3) is 0 Å². The number of alkyl carbamates (subject to hydrolysis) is 1. The molecule has 0 saturated heterocycles. The summed E-state index contributed by atoms with van der Waals surface area (Å²) in [5.41, 5.74) is 0.306. The largest absolute Gasteiger partial charge is 0.460 e. The molecule has 7 nitrogen and oxygen atoms in total. The summed E-state index contributed by atoms with van der Waals surface area (Å²) in [4.78, 5) is 34.5. The van der Waals surface area contributed by atoms with E-state index in [0.29, 0.717) is 0 Å². The van der Waals surface area contributed by atoms with E-state index < -0.39 is 23.6 Å². The Bertz CT molecular complexity index is 552. The van der Waals surface area contributed by atoms with Gasteiger partial charge >= 0.3 is 12.1 Å². The fraction of sp³-hybridized carbons (Fsp3) is 0.471. The summed E-state index contributed by atoms with van der Waals surface area (Å²) >= 11 is 0. The molecule has 1 rings (SSSR count). The van der Waals surface area contributed by atoms with Gasteiger partial charge in [0.1, 0.15) is 12.2 Å². The maximum Gasteiger partial charge on any atom is 0.407 e. The van der Waals surface area contributed by atoms with E-state index in [9.17, 15) is 14.4 Å². The molecule has 0 fully saturated rings. The van der Waals surface area contributed by atoms with Crippen molar-refractivity contribution in [2.24, 2.45) is 0 Å². The van der Waals surface area contributed by atoms with Crippen LogP contribution in [-0.4, -0.2) is 36.7 Å². The predicted octanol–water partition coefficient (Wildman–Crippen LogP) is 1.76.